The lowest BCUT2D eigenvalue weighted by Crippen LogP contribution is -2.55. The molecule has 2 heterocycles. The van der Waals surface area contributed by atoms with Gasteiger partial charge < -0.3 is 19.7 Å². The molecule has 2 rings (SSSR count). The van der Waals surface area contributed by atoms with Gasteiger partial charge in [-0.2, -0.15) is 0 Å². The monoisotopic (exact) mass is 280 g/mol. The Bertz CT molecular complexity index is 472. The molecular weight excluding hydrogens is 260 g/mol. The molecule has 2 N–H and O–H groups in total. The van der Waals surface area contributed by atoms with Gasteiger partial charge in [-0.1, -0.05) is 6.92 Å². The first-order chi connectivity index (χ1) is 9.60. The Morgan fingerprint density at radius 1 is 1.55 bits per heavy atom. The first-order valence-corrected chi connectivity index (χ1v) is 6.91. The number of aliphatic carboxylic acids is 1. The summed E-state index contributed by atoms with van der Waals surface area (Å²) in [6, 6.07) is 3.33. The van der Waals surface area contributed by atoms with Crippen molar-refractivity contribution in [3.05, 3.63) is 24.2 Å². The maximum absolute atomic E-state index is 12.2. The molecule has 1 atom stereocenters. The van der Waals surface area contributed by atoms with E-state index in [4.69, 9.17) is 4.42 Å². The fourth-order valence-corrected chi connectivity index (χ4v) is 2.76. The van der Waals surface area contributed by atoms with E-state index in [2.05, 4.69) is 5.32 Å². The third kappa shape index (κ3) is 2.64. The summed E-state index contributed by atoms with van der Waals surface area (Å²) in [6.45, 7) is 2.73. The number of rotatable bonds is 5. The average Bonchev–Trinajstić information content (AvgIpc) is 3.07. The fourth-order valence-electron chi connectivity index (χ4n) is 2.76. The number of hydrogen-bond donors (Lipinski definition) is 2. The molecular formula is C14H20N2O4. The van der Waals surface area contributed by atoms with Crippen LogP contribution >= 0.6 is 0 Å². The second-order valence-corrected chi connectivity index (χ2v) is 5.01. The van der Waals surface area contributed by atoms with Gasteiger partial charge in [0.15, 0.2) is 0 Å². The van der Waals surface area contributed by atoms with E-state index in [1.807, 2.05) is 13.0 Å². The highest BCUT2D eigenvalue weighted by molar-refractivity contribution is 5.87. The van der Waals surface area contributed by atoms with Crippen molar-refractivity contribution in [1.82, 2.24) is 10.2 Å². The van der Waals surface area contributed by atoms with E-state index in [1.165, 1.54) is 4.90 Å². The molecule has 2 amide bonds. The van der Waals surface area contributed by atoms with Crippen LogP contribution in [-0.4, -0.2) is 40.6 Å². The number of furan rings is 1. The third-order valence-electron chi connectivity index (χ3n) is 3.94. The molecule has 110 valence electrons. The minimum absolute atomic E-state index is 0.307. The molecule has 0 aromatic carbocycles. The SMILES string of the molecule is CCC1(C(=O)O)CCCN1C(=O)NCCc1ccco1. The van der Waals surface area contributed by atoms with Crippen molar-refractivity contribution in [2.75, 3.05) is 13.1 Å². The zero-order valence-electron chi connectivity index (χ0n) is 11.6. The zero-order chi connectivity index (χ0) is 14.6. The van der Waals surface area contributed by atoms with E-state index < -0.39 is 11.5 Å². The number of carboxylic acid groups (broad SMARTS) is 1. The second-order valence-electron chi connectivity index (χ2n) is 5.01. The molecule has 1 aromatic heterocycles. The van der Waals surface area contributed by atoms with Crippen molar-refractivity contribution >= 4 is 12.0 Å². The minimum atomic E-state index is -1.05. The highest BCUT2D eigenvalue weighted by Crippen LogP contribution is 2.32. The molecule has 6 heteroatoms. The van der Waals surface area contributed by atoms with Crippen molar-refractivity contribution in [1.29, 1.82) is 0 Å². The summed E-state index contributed by atoms with van der Waals surface area (Å²) < 4.78 is 5.18. The lowest BCUT2D eigenvalue weighted by molar-refractivity contribution is -0.148. The van der Waals surface area contributed by atoms with Crippen molar-refractivity contribution in [3.8, 4) is 0 Å². The molecule has 1 saturated heterocycles. The molecule has 6 nitrogen and oxygen atoms in total. The number of nitrogens with zero attached hydrogens (tertiary/aromatic N) is 1. The first kappa shape index (κ1) is 14.4. The van der Waals surface area contributed by atoms with Crippen LogP contribution in [0.5, 0.6) is 0 Å². The van der Waals surface area contributed by atoms with Crippen LogP contribution in [0.1, 0.15) is 31.9 Å². The van der Waals surface area contributed by atoms with Gasteiger partial charge in [0.05, 0.1) is 6.26 Å². The topological polar surface area (TPSA) is 82.8 Å². The molecule has 0 saturated carbocycles. The van der Waals surface area contributed by atoms with Crippen LogP contribution in [-0.2, 0) is 11.2 Å². The Balaban J connectivity index is 1.92. The Hall–Kier alpha value is -1.98. The number of likely N-dealkylation sites (tertiary alicyclic amines) is 1. The summed E-state index contributed by atoms with van der Waals surface area (Å²) in [4.78, 5) is 25.1. The summed E-state index contributed by atoms with van der Waals surface area (Å²) in [5.74, 6) is -0.120. The van der Waals surface area contributed by atoms with Gasteiger partial charge in [0.2, 0.25) is 0 Å². The molecule has 0 aliphatic carbocycles. The summed E-state index contributed by atoms with van der Waals surface area (Å²) in [5.41, 5.74) is -1.05. The first-order valence-electron chi connectivity index (χ1n) is 6.91. The fraction of sp³-hybridized carbons (Fsp3) is 0.571. The van der Waals surface area contributed by atoms with E-state index >= 15 is 0 Å². The van der Waals surface area contributed by atoms with Gasteiger partial charge in [0.1, 0.15) is 11.3 Å². The van der Waals surface area contributed by atoms with Gasteiger partial charge in [-0.05, 0) is 31.4 Å². The van der Waals surface area contributed by atoms with Gasteiger partial charge >= 0.3 is 12.0 Å². The summed E-state index contributed by atoms with van der Waals surface area (Å²) in [7, 11) is 0. The third-order valence-corrected chi connectivity index (χ3v) is 3.94. The summed E-state index contributed by atoms with van der Waals surface area (Å²) in [5, 5.41) is 12.2. The molecule has 0 bridgehead atoms. The molecule has 1 aliphatic heterocycles. The Labute approximate surface area is 117 Å². The maximum Gasteiger partial charge on any atom is 0.329 e. The van der Waals surface area contributed by atoms with Gasteiger partial charge in [0.25, 0.3) is 0 Å². The van der Waals surface area contributed by atoms with Gasteiger partial charge in [0, 0.05) is 19.5 Å². The number of carboxylic acids is 1. The highest BCUT2D eigenvalue weighted by atomic mass is 16.4. The number of nitrogens with one attached hydrogen (secondary N) is 1. The maximum atomic E-state index is 12.2. The Morgan fingerprint density at radius 2 is 2.35 bits per heavy atom. The van der Waals surface area contributed by atoms with E-state index in [1.54, 1.807) is 12.3 Å². The molecule has 1 unspecified atom stereocenters. The number of hydrogen-bond acceptors (Lipinski definition) is 3. The second kappa shape index (κ2) is 5.98. The molecule has 0 radical (unpaired) electrons. The highest BCUT2D eigenvalue weighted by Gasteiger charge is 2.48. The smallest absolute Gasteiger partial charge is 0.329 e. The summed E-state index contributed by atoms with van der Waals surface area (Å²) >= 11 is 0. The van der Waals surface area contributed by atoms with Crippen LogP contribution in [0.4, 0.5) is 4.79 Å². The number of amides is 2. The predicted octanol–water partition coefficient (Wildman–Crippen LogP) is 1.86. The molecule has 1 aliphatic rings. The van der Waals surface area contributed by atoms with E-state index in [0.717, 1.165) is 12.2 Å². The largest absolute Gasteiger partial charge is 0.479 e. The van der Waals surface area contributed by atoms with E-state index in [0.29, 0.717) is 32.4 Å². The zero-order valence-corrected chi connectivity index (χ0v) is 11.6. The normalized spacial score (nSPS) is 21.9. The van der Waals surface area contributed by atoms with Gasteiger partial charge in [-0.3, -0.25) is 0 Å². The van der Waals surface area contributed by atoms with Crippen LogP contribution in [0.2, 0.25) is 0 Å². The quantitative estimate of drug-likeness (QED) is 0.862. The lowest BCUT2D eigenvalue weighted by atomic mass is 9.93. The Morgan fingerprint density at radius 3 is 2.95 bits per heavy atom. The van der Waals surface area contributed by atoms with Crippen molar-refractivity contribution in [2.45, 2.75) is 38.1 Å². The van der Waals surface area contributed by atoms with Crippen LogP contribution in [0.25, 0.3) is 0 Å². The van der Waals surface area contributed by atoms with Crippen LogP contribution in [0.3, 0.4) is 0 Å². The Kier molecular flexibility index (Phi) is 4.32. The van der Waals surface area contributed by atoms with Gasteiger partial charge in [-0.25, -0.2) is 9.59 Å². The average molecular weight is 280 g/mol. The van der Waals surface area contributed by atoms with E-state index in [9.17, 15) is 14.7 Å². The predicted molar refractivity (Wildman–Crippen MR) is 72.4 cm³/mol. The van der Waals surface area contributed by atoms with Crippen LogP contribution in [0.15, 0.2) is 22.8 Å². The minimum Gasteiger partial charge on any atom is -0.479 e. The number of carbonyl (C=O) groups is 2. The number of urea groups is 1. The van der Waals surface area contributed by atoms with Crippen LogP contribution in [0, 0.1) is 0 Å². The lowest BCUT2D eigenvalue weighted by Gasteiger charge is -2.33. The van der Waals surface area contributed by atoms with Gasteiger partial charge in [-0.15, -0.1) is 0 Å². The molecule has 20 heavy (non-hydrogen) atoms. The van der Waals surface area contributed by atoms with Crippen molar-refractivity contribution < 1.29 is 19.1 Å². The summed E-state index contributed by atoms with van der Waals surface area (Å²) in [6.07, 6.45) is 3.85. The van der Waals surface area contributed by atoms with Crippen molar-refractivity contribution in [3.63, 3.8) is 0 Å². The number of carbonyl (C=O) groups excluding carboxylic acids is 1. The van der Waals surface area contributed by atoms with Crippen LogP contribution < -0.4 is 5.32 Å². The standard InChI is InChI=1S/C14H20N2O4/c1-2-14(12(17)18)7-4-9-16(14)13(19)15-8-6-11-5-3-10-20-11/h3,5,10H,2,4,6-9H2,1H3,(H,15,19)(H,17,18). The van der Waals surface area contributed by atoms with E-state index in [-0.39, 0.29) is 6.03 Å². The van der Waals surface area contributed by atoms with Crippen molar-refractivity contribution in [2.24, 2.45) is 0 Å². The molecule has 0 spiro atoms. The molecule has 1 aromatic rings. The molecule has 1 fully saturated rings.